The van der Waals surface area contributed by atoms with E-state index in [-0.39, 0.29) is 12.4 Å². The molecule has 10 nitrogen and oxygen atoms in total. The van der Waals surface area contributed by atoms with Gasteiger partial charge in [-0.3, -0.25) is 4.79 Å². The van der Waals surface area contributed by atoms with Crippen LogP contribution in [0, 0.1) is 13.8 Å². The van der Waals surface area contributed by atoms with E-state index in [2.05, 4.69) is 51.4 Å². The maximum absolute atomic E-state index is 11.4. The zero-order valence-electron chi connectivity index (χ0n) is 22.4. The van der Waals surface area contributed by atoms with E-state index >= 15 is 0 Å². The van der Waals surface area contributed by atoms with Gasteiger partial charge in [-0.05, 0) is 86.3 Å². The molecule has 5 rings (SSSR count). The monoisotopic (exact) mass is 572 g/mol. The zero-order chi connectivity index (χ0) is 27.9. The SMILES string of the molecule is COC(=O)Cc1cnc(/N=N/c2ccc(/N=N/c3ccc(/N=N/c4ccc(N5CCCC5)s4)cc3C)cc2C)s1. The van der Waals surface area contributed by atoms with Crippen molar-refractivity contribution in [3.05, 3.63) is 70.7 Å². The summed E-state index contributed by atoms with van der Waals surface area (Å²) in [6.45, 7) is 6.16. The number of azo groups is 3. The Balaban J connectivity index is 1.20. The molecular formula is C28H28N8O2S2. The summed E-state index contributed by atoms with van der Waals surface area (Å²) in [7, 11) is 1.36. The minimum absolute atomic E-state index is 0.170. The number of nitrogens with zero attached hydrogens (tertiary/aromatic N) is 8. The van der Waals surface area contributed by atoms with Crippen LogP contribution in [0.1, 0.15) is 28.8 Å². The number of hydrogen-bond donors (Lipinski definition) is 0. The average Bonchev–Trinajstić information content (AvgIpc) is 3.73. The van der Waals surface area contributed by atoms with Gasteiger partial charge in [0.2, 0.25) is 5.13 Å². The van der Waals surface area contributed by atoms with E-state index < -0.39 is 0 Å². The van der Waals surface area contributed by atoms with Crippen LogP contribution in [0.4, 0.5) is 37.9 Å². The quantitative estimate of drug-likeness (QED) is 0.147. The van der Waals surface area contributed by atoms with Gasteiger partial charge in [0.05, 0.1) is 41.3 Å². The fraction of sp³-hybridized carbons (Fsp3) is 0.286. The van der Waals surface area contributed by atoms with Crippen LogP contribution in [0.25, 0.3) is 0 Å². The van der Waals surface area contributed by atoms with Crippen LogP contribution in [0.2, 0.25) is 0 Å². The summed E-state index contributed by atoms with van der Waals surface area (Å²) in [6, 6.07) is 15.5. The number of thiophene rings is 1. The number of methoxy groups -OCH3 is 1. The molecule has 0 aliphatic carbocycles. The van der Waals surface area contributed by atoms with Gasteiger partial charge in [0.15, 0.2) is 0 Å². The second-order valence-electron chi connectivity index (χ2n) is 9.21. The number of rotatable bonds is 9. The highest BCUT2D eigenvalue weighted by Gasteiger charge is 2.14. The number of aromatic nitrogens is 1. The first-order valence-electron chi connectivity index (χ1n) is 12.8. The van der Waals surface area contributed by atoms with Crippen molar-refractivity contribution in [2.24, 2.45) is 30.7 Å². The molecule has 1 aliphatic heterocycles. The van der Waals surface area contributed by atoms with Crippen molar-refractivity contribution in [2.75, 3.05) is 25.1 Å². The molecule has 2 aromatic carbocycles. The molecule has 0 bridgehead atoms. The molecule has 40 heavy (non-hydrogen) atoms. The van der Waals surface area contributed by atoms with Gasteiger partial charge in [-0.2, -0.15) is 10.2 Å². The summed E-state index contributed by atoms with van der Waals surface area (Å²) < 4.78 is 4.68. The predicted molar refractivity (Wildman–Crippen MR) is 158 cm³/mol. The molecule has 0 spiro atoms. The smallest absolute Gasteiger partial charge is 0.310 e. The molecule has 1 fully saturated rings. The summed E-state index contributed by atoms with van der Waals surface area (Å²) >= 11 is 2.97. The largest absolute Gasteiger partial charge is 0.469 e. The van der Waals surface area contributed by atoms with Crippen LogP contribution in [0.15, 0.2) is 85.4 Å². The first-order valence-corrected chi connectivity index (χ1v) is 14.4. The summed E-state index contributed by atoms with van der Waals surface area (Å²) in [5.74, 6) is -0.315. The van der Waals surface area contributed by atoms with Crippen molar-refractivity contribution in [1.29, 1.82) is 0 Å². The first kappa shape index (κ1) is 27.4. The number of hydrogen-bond acceptors (Lipinski definition) is 12. The van der Waals surface area contributed by atoms with Gasteiger partial charge in [-0.15, -0.1) is 20.5 Å². The number of ether oxygens (including phenoxy) is 1. The predicted octanol–water partition coefficient (Wildman–Crippen LogP) is 9.38. The maximum Gasteiger partial charge on any atom is 0.310 e. The number of carbonyl (C=O) groups is 1. The van der Waals surface area contributed by atoms with E-state index in [1.165, 1.54) is 36.3 Å². The van der Waals surface area contributed by atoms with E-state index in [0.29, 0.717) is 16.5 Å². The summed E-state index contributed by atoms with van der Waals surface area (Å²) in [5.41, 5.74) is 4.81. The third-order valence-corrected chi connectivity index (χ3v) is 8.14. The third kappa shape index (κ3) is 7.07. The van der Waals surface area contributed by atoms with Crippen molar-refractivity contribution in [1.82, 2.24) is 4.98 Å². The Labute approximate surface area is 240 Å². The van der Waals surface area contributed by atoms with Gasteiger partial charge in [0.25, 0.3) is 0 Å². The molecule has 1 saturated heterocycles. The Kier molecular flexibility index (Phi) is 8.77. The van der Waals surface area contributed by atoms with Gasteiger partial charge in [-0.25, -0.2) is 4.98 Å². The third-order valence-electron chi connectivity index (χ3n) is 6.22. The Morgan fingerprint density at radius 1 is 0.850 bits per heavy atom. The molecule has 4 aromatic rings. The van der Waals surface area contributed by atoms with Gasteiger partial charge < -0.3 is 9.64 Å². The highest BCUT2D eigenvalue weighted by molar-refractivity contribution is 7.19. The topological polar surface area (TPSA) is 117 Å². The Hall–Kier alpha value is -4.16. The van der Waals surface area contributed by atoms with Crippen molar-refractivity contribution in [3.8, 4) is 0 Å². The Morgan fingerprint density at radius 2 is 1.50 bits per heavy atom. The minimum atomic E-state index is -0.315. The fourth-order valence-electron chi connectivity index (χ4n) is 4.06. The van der Waals surface area contributed by atoms with Crippen LogP contribution in [-0.4, -0.2) is 31.2 Å². The van der Waals surface area contributed by atoms with Crippen LogP contribution < -0.4 is 4.90 Å². The summed E-state index contributed by atoms with van der Waals surface area (Å²) in [6.07, 6.45) is 4.29. The number of thiazole rings is 1. The number of esters is 1. The maximum atomic E-state index is 11.4. The van der Waals surface area contributed by atoms with E-state index in [0.717, 1.165) is 45.5 Å². The summed E-state index contributed by atoms with van der Waals surface area (Å²) in [4.78, 5) is 18.8. The Bertz CT molecular complexity index is 1580. The van der Waals surface area contributed by atoms with E-state index in [4.69, 9.17) is 0 Å². The van der Waals surface area contributed by atoms with E-state index in [9.17, 15) is 4.79 Å². The summed E-state index contributed by atoms with van der Waals surface area (Å²) in [5, 5.41) is 28.8. The second-order valence-corrected chi connectivity index (χ2v) is 11.3. The van der Waals surface area contributed by atoms with E-state index in [1.807, 2.05) is 56.3 Å². The van der Waals surface area contributed by atoms with Crippen molar-refractivity contribution in [3.63, 3.8) is 0 Å². The van der Waals surface area contributed by atoms with Crippen LogP contribution >= 0.6 is 22.7 Å². The Morgan fingerprint density at radius 3 is 2.15 bits per heavy atom. The molecule has 0 atom stereocenters. The molecule has 0 radical (unpaired) electrons. The molecule has 12 heteroatoms. The van der Waals surface area contributed by atoms with Crippen LogP contribution in [0.3, 0.4) is 0 Å². The number of anilines is 1. The van der Waals surface area contributed by atoms with Crippen LogP contribution in [-0.2, 0) is 16.0 Å². The standard InChI is InChI=1S/C28H28N8O2S2/c1-18-15-21(31-34-25-10-11-26(40-25)36-12-4-5-13-36)7-8-23(18)32-30-20-6-9-24(19(2)14-20)33-35-28-29-17-22(39-28)16-27(37)38-3/h6-11,14-15,17H,4-5,12-13,16H2,1-3H3/b32-30+,34-31+,35-33+. The van der Waals surface area contributed by atoms with Crippen molar-refractivity contribution in [2.45, 2.75) is 33.1 Å². The lowest BCUT2D eigenvalue weighted by Crippen LogP contribution is -2.15. The van der Waals surface area contributed by atoms with Gasteiger partial charge in [0.1, 0.15) is 5.00 Å². The van der Waals surface area contributed by atoms with Crippen LogP contribution in [0.5, 0.6) is 0 Å². The molecule has 204 valence electrons. The second kappa shape index (κ2) is 12.8. The lowest BCUT2D eigenvalue weighted by atomic mass is 10.2. The molecular weight excluding hydrogens is 544 g/mol. The minimum Gasteiger partial charge on any atom is -0.469 e. The lowest BCUT2D eigenvalue weighted by molar-refractivity contribution is -0.139. The lowest BCUT2D eigenvalue weighted by Gasteiger charge is -2.13. The van der Waals surface area contributed by atoms with Gasteiger partial charge in [0, 0.05) is 24.2 Å². The molecule has 0 unspecified atom stereocenters. The van der Waals surface area contributed by atoms with Gasteiger partial charge in [-0.1, -0.05) is 22.7 Å². The molecule has 0 saturated carbocycles. The molecule has 3 heterocycles. The van der Waals surface area contributed by atoms with Crippen molar-refractivity contribution < 1.29 is 9.53 Å². The zero-order valence-corrected chi connectivity index (χ0v) is 24.1. The van der Waals surface area contributed by atoms with Gasteiger partial charge >= 0.3 is 5.97 Å². The first-order chi connectivity index (χ1) is 19.5. The number of carbonyl (C=O) groups excluding carboxylic acids is 1. The molecule has 1 aliphatic rings. The van der Waals surface area contributed by atoms with E-state index in [1.54, 1.807) is 17.5 Å². The normalized spacial score (nSPS) is 13.8. The highest BCUT2D eigenvalue weighted by atomic mass is 32.1. The number of benzene rings is 2. The van der Waals surface area contributed by atoms with Crippen molar-refractivity contribution >= 4 is 66.5 Å². The fourth-order valence-corrected chi connectivity index (χ4v) is 5.66. The molecule has 0 N–H and O–H groups in total. The molecule has 2 aromatic heterocycles. The highest BCUT2D eigenvalue weighted by Crippen LogP contribution is 2.35. The average molecular weight is 573 g/mol. The number of aryl methyl sites for hydroxylation is 2. The molecule has 0 amide bonds.